The number of aromatic nitrogens is 1. The summed E-state index contributed by atoms with van der Waals surface area (Å²) in [6.45, 7) is 8.05. The summed E-state index contributed by atoms with van der Waals surface area (Å²) < 4.78 is 5.12. The first kappa shape index (κ1) is 19.1. The average Bonchev–Trinajstić information content (AvgIpc) is 2.96. The molecule has 144 valence electrons. The second-order valence-corrected chi connectivity index (χ2v) is 6.99. The van der Waals surface area contributed by atoms with Crippen molar-refractivity contribution in [3.8, 4) is 0 Å². The number of nitrogens with zero attached hydrogens (tertiary/aromatic N) is 2. The predicted molar refractivity (Wildman–Crippen MR) is 101 cm³/mol. The Kier molecular flexibility index (Phi) is 5.91. The maximum Gasteiger partial charge on any atom is 0.237 e. The van der Waals surface area contributed by atoms with Gasteiger partial charge in [-0.25, -0.2) is 0 Å². The van der Waals surface area contributed by atoms with Crippen LogP contribution in [0.4, 0.5) is 0 Å². The van der Waals surface area contributed by atoms with E-state index in [1.807, 2.05) is 26.0 Å². The summed E-state index contributed by atoms with van der Waals surface area (Å²) >= 11 is 0. The standard InChI is InChI=1S/C20H26N4O3/c1-13-6-4-5-7-16(13)12-24-9-8-21-20(26)18(24)10-19(25)22-11-17-14(2)23-27-15(17)3/h4-7,18H,8-12H2,1-3H3,(H,21,26)(H,22,25)/t18-/m1/s1. The SMILES string of the molecule is Cc1ccccc1CN1CCNC(=O)[C@H]1CC(=O)NCc1c(C)noc1C. The zero-order valence-electron chi connectivity index (χ0n) is 16.0. The first-order valence-corrected chi connectivity index (χ1v) is 9.20. The third kappa shape index (κ3) is 4.54. The smallest absolute Gasteiger partial charge is 0.237 e. The molecule has 2 heterocycles. The van der Waals surface area contributed by atoms with Gasteiger partial charge in [0.1, 0.15) is 5.76 Å². The molecule has 1 aromatic heterocycles. The summed E-state index contributed by atoms with van der Waals surface area (Å²) in [6, 6.07) is 7.66. The highest BCUT2D eigenvalue weighted by molar-refractivity contribution is 5.88. The molecule has 1 aromatic carbocycles. The Morgan fingerprint density at radius 3 is 2.81 bits per heavy atom. The molecule has 27 heavy (non-hydrogen) atoms. The van der Waals surface area contributed by atoms with E-state index in [1.54, 1.807) is 0 Å². The van der Waals surface area contributed by atoms with E-state index in [9.17, 15) is 9.59 Å². The van der Waals surface area contributed by atoms with E-state index in [0.717, 1.165) is 17.8 Å². The lowest BCUT2D eigenvalue weighted by atomic mass is 10.0. The molecule has 0 radical (unpaired) electrons. The molecule has 1 aliphatic heterocycles. The van der Waals surface area contributed by atoms with Gasteiger partial charge in [0.25, 0.3) is 0 Å². The highest BCUT2D eigenvalue weighted by Gasteiger charge is 2.31. The molecule has 7 heteroatoms. The maximum absolute atomic E-state index is 12.5. The lowest BCUT2D eigenvalue weighted by Gasteiger charge is -2.35. The summed E-state index contributed by atoms with van der Waals surface area (Å²) in [5.74, 6) is 0.443. The van der Waals surface area contributed by atoms with Crippen LogP contribution in [0.2, 0.25) is 0 Å². The summed E-state index contributed by atoms with van der Waals surface area (Å²) in [7, 11) is 0. The van der Waals surface area contributed by atoms with Gasteiger partial charge in [0.15, 0.2) is 0 Å². The zero-order valence-corrected chi connectivity index (χ0v) is 16.0. The molecule has 1 atom stereocenters. The minimum Gasteiger partial charge on any atom is -0.361 e. The van der Waals surface area contributed by atoms with Crippen molar-refractivity contribution in [1.82, 2.24) is 20.7 Å². The Hall–Kier alpha value is -2.67. The molecule has 2 N–H and O–H groups in total. The van der Waals surface area contributed by atoms with Crippen LogP contribution in [0.3, 0.4) is 0 Å². The van der Waals surface area contributed by atoms with Crippen LogP contribution in [0.25, 0.3) is 0 Å². The minimum atomic E-state index is -0.469. The molecule has 2 amide bonds. The number of hydrogen-bond donors (Lipinski definition) is 2. The van der Waals surface area contributed by atoms with E-state index in [4.69, 9.17) is 4.52 Å². The van der Waals surface area contributed by atoms with Crippen molar-refractivity contribution in [1.29, 1.82) is 0 Å². The molecule has 1 fully saturated rings. The van der Waals surface area contributed by atoms with Crippen LogP contribution in [-0.4, -0.2) is 41.0 Å². The first-order chi connectivity index (χ1) is 13.0. The van der Waals surface area contributed by atoms with Gasteiger partial charge in [-0.2, -0.15) is 0 Å². The monoisotopic (exact) mass is 370 g/mol. The minimum absolute atomic E-state index is 0.0951. The molecule has 0 aliphatic carbocycles. The number of piperazine rings is 1. The fraction of sp³-hybridized carbons (Fsp3) is 0.450. The molecule has 0 saturated carbocycles. The maximum atomic E-state index is 12.5. The predicted octanol–water partition coefficient (Wildman–Crippen LogP) is 1.61. The Labute approximate surface area is 159 Å². The second-order valence-electron chi connectivity index (χ2n) is 6.99. The summed E-state index contributed by atoms with van der Waals surface area (Å²) in [5, 5.41) is 9.65. The number of nitrogens with one attached hydrogen (secondary N) is 2. The normalized spacial score (nSPS) is 17.6. The average molecular weight is 370 g/mol. The van der Waals surface area contributed by atoms with Gasteiger partial charge in [0.05, 0.1) is 18.2 Å². The number of carbonyl (C=O) groups excluding carboxylic acids is 2. The lowest BCUT2D eigenvalue weighted by Crippen LogP contribution is -2.56. The zero-order chi connectivity index (χ0) is 19.4. The van der Waals surface area contributed by atoms with Gasteiger partial charge in [-0.15, -0.1) is 0 Å². The molecular formula is C20H26N4O3. The topological polar surface area (TPSA) is 87.5 Å². The van der Waals surface area contributed by atoms with Crippen LogP contribution < -0.4 is 10.6 Å². The third-order valence-electron chi connectivity index (χ3n) is 5.10. The summed E-state index contributed by atoms with van der Waals surface area (Å²) in [6.07, 6.45) is 0.126. The molecule has 0 unspecified atom stereocenters. The van der Waals surface area contributed by atoms with Crippen molar-refractivity contribution >= 4 is 11.8 Å². The third-order valence-corrected chi connectivity index (χ3v) is 5.10. The van der Waals surface area contributed by atoms with Gasteiger partial charge in [-0.3, -0.25) is 14.5 Å². The van der Waals surface area contributed by atoms with Gasteiger partial charge in [-0.05, 0) is 31.9 Å². The second kappa shape index (κ2) is 8.35. The highest BCUT2D eigenvalue weighted by atomic mass is 16.5. The van der Waals surface area contributed by atoms with E-state index in [1.165, 1.54) is 11.1 Å². The number of carbonyl (C=O) groups is 2. The Morgan fingerprint density at radius 2 is 2.11 bits per heavy atom. The lowest BCUT2D eigenvalue weighted by molar-refractivity contribution is -0.134. The Balaban J connectivity index is 1.63. The highest BCUT2D eigenvalue weighted by Crippen LogP contribution is 2.17. The number of rotatable bonds is 6. The quantitative estimate of drug-likeness (QED) is 0.807. The van der Waals surface area contributed by atoms with Crippen LogP contribution in [-0.2, 0) is 22.7 Å². The van der Waals surface area contributed by atoms with E-state index in [0.29, 0.717) is 25.4 Å². The molecule has 1 saturated heterocycles. The molecule has 7 nitrogen and oxygen atoms in total. The number of amides is 2. The largest absolute Gasteiger partial charge is 0.361 e. The van der Waals surface area contributed by atoms with Crippen LogP contribution >= 0.6 is 0 Å². The Bertz CT molecular complexity index is 811. The number of aryl methyl sites for hydroxylation is 3. The van der Waals surface area contributed by atoms with E-state index in [2.05, 4.69) is 39.7 Å². The van der Waals surface area contributed by atoms with E-state index in [-0.39, 0.29) is 18.2 Å². The van der Waals surface area contributed by atoms with Gasteiger partial charge < -0.3 is 15.2 Å². The first-order valence-electron chi connectivity index (χ1n) is 9.20. The number of hydrogen-bond acceptors (Lipinski definition) is 5. The van der Waals surface area contributed by atoms with Crippen molar-refractivity contribution in [2.45, 2.75) is 46.3 Å². The van der Waals surface area contributed by atoms with Crippen LogP contribution in [0.5, 0.6) is 0 Å². The fourth-order valence-corrected chi connectivity index (χ4v) is 3.37. The van der Waals surface area contributed by atoms with Crippen molar-refractivity contribution in [3.05, 3.63) is 52.4 Å². The molecule has 0 spiro atoms. The fourth-order valence-electron chi connectivity index (χ4n) is 3.37. The van der Waals surface area contributed by atoms with E-state index >= 15 is 0 Å². The van der Waals surface area contributed by atoms with Crippen LogP contribution in [0, 0.1) is 20.8 Å². The van der Waals surface area contributed by atoms with Gasteiger partial charge in [0.2, 0.25) is 11.8 Å². The molecule has 0 bridgehead atoms. The molecule has 2 aromatic rings. The summed E-state index contributed by atoms with van der Waals surface area (Å²) in [4.78, 5) is 26.9. The van der Waals surface area contributed by atoms with Gasteiger partial charge in [0, 0.05) is 31.7 Å². The molecular weight excluding hydrogens is 344 g/mol. The van der Waals surface area contributed by atoms with Crippen molar-refractivity contribution < 1.29 is 14.1 Å². The van der Waals surface area contributed by atoms with Gasteiger partial charge in [-0.1, -0.05) is 29.4 Å². The van der Waals surface area contributed by atoms with Crippen LogP contribution in [0.1, 0.15) is 34.6 Å². The number of benzene rings is 1. The van der Waals surface area contributed by atoms with Crippen molar-refractivity contribution in [2.75, 3.05) is 13.1 Å². The van der Waals surface area contributed by atoms with Crippen molar-refractivity contribution in [2.24, 2.45) is 0 Å². The molecule has 1 aliphatic rings. The van der Waals surface area contributed by atoms with E-state index < -0.39 is 6.04 Å². The van der Waals surface area contributed by atoms with Crippen LogP contribution in [0.15, 0.2) is 28.8 Å². The van der Waals surface area contributed by atoms with Gasteiger partial charge >= 0.3 is 0 Å². The van der Waals surface area contributed by atoms with Crippen molar-refractivity contribution in [3.63, 3.8) is 0 Å². The summed E-state index contributed by atoms with van der Waals surface area (Å²) in [5.41, 5.74) is 4.01. The Morgan fingerprint density at radius 1 is 1.33 bits per heavy atom. The molecule has 3 rings (SSSR count).